The zero-order valence-electron chi connectivity index (χ0n) is 11.1. The lowest BCUT2D eigenvalue weighted by Crippen LogP contribution is -2.20. The molecule has 100 valence electrons. The lowest BCUT2D eigenvalue weighted by Gasteiger charge is -2.19. The fourth-order valence-electron chi connectivity index (χ4n) is 1.83. The third-order valence-electron chi connectivity index (χ3n) is 2.99. The summed E-state index contributed by atoms with van der Waals surface area (Å²) in [7, 11) is 0. The molecule has 2 aromatic rings. The molecule has 0 unspecified atom stereocenters. The van der Waals surface area contributed by atoms with Gasteiger partial charge in [0.1, 0.15) is 5.56 Å². The third kappa shape index (κ3) is 2.45. The Kier molecular flexibility index (Phi) is 3.06. The van der Waals surface area contributed by atoms with E-state index in [2.05, 4.69) is 25.9 Å². The van der Waals surface area contributed by atoms with Gasteiger partial charge < -0.3 is 5.11 Å². The molecule has 5 nitrogen and oxygen atoms in total. The van der Waals surface area contributed by atoms with Crippen LogP contribution in [-0.2, 0) is 5.41 Å². The molecule has 0 atom stereocenters. The van der Waals surface area contributed by atoms with E-state index >= 15 is 0 Å². The smallest absolute Gasteiger partial charge is 0.342 e. The molecule has 5 heteroatoms. The fraction of sp³-hybridized carbons (Fsp3) is 0.286. The van der Waals surface area contributed by atoms with E-state index in [0.29, 0.717) is 5.69 Å². The minimum atomic E-state index is -1.23. The number of carbonyl (C=O) groups is 1. The number of aromatic amines is 1. The van der Waals surface area contributed by atoms with Crippen LogP contribution < -0.4 is 5.56 Å². The van der Waals surface area contributed by atoms with Gasteiger partial charge in [-0.1, -0.05) is 32.9 Å². The highest BCUT2D eigenvalue weighted by Crippen LogP contribution is 2.22. The highest BCUT2D eigenvalue weighted by atomic mass is 16.4. The Morgan fingerprint density at radius 2 is 1.79 bits per heavy atom. The second-order valence-electron chi connectivity index (χ2n) is 5.43. The summed E-state index contributed by atoms with van der Waals surface area (Å²) in [6.45, 7) is 6.31. The molecule has 1 aromatic carbocycles. The number of benzene rings is 1. The molecule has 0 amide bonds. The number of hydrogen-bond donors (Lipinski definition) is 2. The van der Waals surface area contributed by atoms with Crippen LogP contribution in [0, 0.1) is 0 Å². The van der Waals surface area contributed by atoms with E-state index in [-0.39, 0.29) is 11.0 Å². The number of aromatic carboxylic acids is 1. The van der Waals surface area contributed by atoms with Crippen LogP contribution in [0.2, 0.25) is 0 Å². The van der Waals surface area contributed by atoms with E-state index in [1.165, 1.54) is 10.9 Å². The van der Waals surface area contributed by atoms with Crippen molar-refractivity contribution in [2.75, 3.05) is 0 Å². The van der Waals surface area contributed by atoms with Crippen LogP contribution in [0.25, 0.3) is 5.69 Å². The Hall–Kier alpha value is -2.30. The Labute approximate surface area is 110 Å². The summed E-state index contributed by atoms with van der Waals surface area (Å²) >= 11 is 0. The summed E-state index contributed by atoms with van der Waals surface area (Å²) in [6, 6.07) is 7.46. The van der Waals surface area contributed by atoms with Gasteiger partial charge in [0, 0.05) is 6.20 Å². The van der Waals surface area contributed by atoms with Gasteiger partial charge in [-0.2, -0.15) is 0 Å². The van der Waals surface area contributed by atoms with Crippen LogP contribution in [0.15, 0.2) is 35.3 Å². The zero-order chi connectivity index (χ0) is 14.2. The van der Waals surface area contributed by atoms with Crippen molar-refractivity contribution in [3.63, 3.8) is 0 Å². The first-order valence-electron chi connectivity index (χ1n) is 5.95. The zero-order valence-corrected chi connectivity index (χ0v) is 11.1. The number of aromatic nitrogens is 2. The molecule has 0 bridgehead atoms. The number of nitrogens with one attached hydrogen (secondary N) is 1. The second kappa shape index (κ2) is 4.42. The van der Waals surface area contributed by atoms with Crippen molar-refractivity contribution in [3.05, 3.63) is 51.9 Å². The third-order valence-corrected chi connectivity index (χ3v) is 2.99. The summed E-state index contributed by atoms with van der Waals surface area (Å²) in [6.07, 6.45) is 1.20. The Morgan fingerprint density at radius 3 is 2.21 bits per heavy atom. The standard InChI is InChI=1S/C14H16N2O3/c1-14(2,3)9-4-6-10(7-5-9)16-12(17)11(8-15-16)13(18)19/h4-8,15H,1-3H3,(H,18,19). The maximum absolute atomic E-state index is 11.8. The van der Waals surface area contributed by atoms with Crippen molar-refractivity contribution in [1.29, 1.82) is 0 Å². The molecule has 0 aliphatic carbocycles. The Morgan fingerprint density at radius 1 is 1.21 bits per heavy atom. The minimum Gasteiger partial charge on any atom is -0.477 e. The van der Waals surface area contributed by atoms with Gasteiger partial charge in [0.05, 0.1) is 5.69 Å². The van der Waals surface area contributed by atoms with Gasteiger partial charge in [-0.15, -0.1) is 0 Å². The van der Waals surface area contributed by atoms with E-state index < -0.39 is 11.5 Å². The molecule has 0 radical (unpaired) electrons. The molecule has 0 aliphatic heterocycles. The molecule has 0 spiro atoms. The van der Waals surface area contributed by atoms with Gasteiger partial charge in [-0.3, -0.25) is 9.89 Å². The molecule has 0 saturated carbocycles. The monoisotopic (exact) mass is 260 g/mol. The summed E-state index contributed by atoms with van der Waals surface area (Å²) in [5.41, 5.74) is 0.974. The first-order chi connectivity index (χ1) is 8.80. The van der Waals surface area contributed by atoms with Crippen molar-refractivity contribution in [1.82, 2.24) is 9.78 Å². The molecular formula is C14H16N2O3. The molecule has 2 rings (SSSR count). The Balaban J connectivity index is 2.44. The van der Waals surface area contributed by atoms with E-state index in [4.69, 9.17) is 5.11 Å². The number of carboxylic acid groups (broad SMARTS) is 1. The van der Waals surface area contributed by atoms with Gasteiger partial charge in [-0.25, -0.2) is 9.48 Å². The molecule has 1 heterocycles. The van der Waals surface area contributed by atoms with Crippen LogP contribution in [0.1, 0.15) is 36.7 Å². The molecule has 2 N–H and O–H groups in total. The van der Waals surface area contributed by atoms with Crippen LogP contribution >= 0.6 is 0 Å². The SMILES string of the molecule is CC(C)(C)c1ccc(-n2[nH]cc(C(=O)O)c2=O)cc1. The minimum absolute atomic E-state index is 0.0332. The lowest BCUT2D eigenvalue weighted by atomic mass is 9.87. The highest BCUT2D eigenvalue weighted by molar-refractivity contribution is 5.86. The number of rotatable bonds is 2. The van der Waals surface area contributed by atoms with Crippen molar-refractivity contribution >= 4 is 5.97 Å². The summed E-state index contributed by atoms with van der Waals surface area (Å²) in [5.74, 6) is -1.23. The highest BCUT2D eigenvalue weighted by Gasteiger charge is 2.16. The van der Waals surface area contributed by atoms with Gasteiger partial charge in [0.15, 0.2) is 0 Å². The molecular weight excluding hydrogens is 244 g/mol. The summed E-state index contributed by atoms with van der Waals surface area (Å²) in [5, 5.41) is 11.5. The molecule has 1 aromatic heterocycles. The first kappa shape index (κ1) is 13.1. The second-order valence-corrected chi connectivity index (χ2v) is 5.43. The maximum atomic E-state index is 11.8. The largest absolute Gasteiger partial charge is 0.477 e. The topological polar surface area (TPSA) is 75.1 Å². The number of hydrogen-bond acceptors (Lipinski definition) is 2. The van der Waals surface area contributed by atoms with Gasteiger partial charge in [0.2, 0.25) is 0 Å². The normalized spacial score (nSPS) is 11.5. The van der Waals surface area contributed by atoms with Crippen molar-refractivity contribution in [2.24, 2.45) is 0 Å². The van der Waals surface area contributed by atoms with Crippen molar-refractivity contribution in [2.45, 2.75) is 26.2 Å². The van der Waals surface area contributed by atoms with Crippen LogP contribution in [0.4, 0.5) is 0 Å². The van der Waals surface area contributed by atoms with Crippen LogP contribution in [0.5, 0.6) is 0 Å². The van der Waals surface area contributed by atoms with Crippen LogP contribution in [-0.4, -0.2) is 20.9 Å². The Bertz CT molecular complexity index is 657. The number of nitrogens with zero attached hydrogens (tertiary/aromatic N) is 1. The number of H-pyrrole nitrogens is 1. The first-order valence-corrected chi connectivity index (χ1v) is 5.95. The van der Waals surface area contributed by atoms with Crippen LogP contribution in [0.3, 0.4) is 0 Å². The van der Waals surface area contributed by atoms with Gasteiger partial charge in [0.25, 0.3) is 5.56 Å². The van der Waals surface area contributed by atoms with E-state index in [0.717, 1.165) is 5.56 Å². The van der Waals surface area contributed by atoms with Gasteiger partial charge >= 0.3 is 5.97 Å². The molecule has 0 aliphatic rings. The number of carboxylic acids is 1. The summed E-state index contributed by atoms with van der Waals surface area (Å²) in [4.78, 5) is 22.7. The van der Waals surface area contributed by atoms with Crippen molar-refractivity contribution in [3.8, 4) is 5.69 Å². The average molecular weight is 260 g/mol. The maximum Gasteiger partial charge on any atom is 0.342 e. The molecule has 0 fully saturated rings. The molecule has 0 saturated heterocycles. The van der Waals surface area contributed by atoms with E-state index in [1.807, 2.05) is 12.1 Å². The quantitative estimate of drug-likeness (QED) is 0.868. The summed E-state index contributed by atoms with van der Waals surface area (Å²) < 4.78 is 1.22. The van der Waals surface area contributed by atoms with Crippen molar-refractivity contribution < 1.29 is 9.90 Å². The predicted octanol–water partition coefficient (Wildman–Crippen LogP) is 2.16. The van der Waals surface area contributed by atoms with E-state index in [9.17, 15) is 9.59 Å². The van der Waals surface area contributed by atoms with E-state index in [1.54, 1.807) is 12.1 Å². The van der Waals surface area contributed by atoms with Gasteiger partial charge in [-0.05, 0) is 23.1 Å². The predicted molar refractivity (Wildman–Crippen MR) is 72.0 cm³/mol. The lowest BCUT2D eigenvalue weighted by molar-refractivity contribution is 0.0695. The fourth-order valence-corrected chi connectivity index (χ4v) is 1.83. The molecule has 19 heavy (non-hydrogen) atoms. The average Bonchev–Trinajstić information content (AvgIpc) is 2.70.